The van der Waals surface area contributed by atoms with Gasteiger partial charge in [0.2, 0.25) is 0 Å². The van der Waals surface area contributed by atoms with Gasteiger partial charge in [-0.3, -0.25) is 9.48 Å². The Morgan fingerprint density at radius 3 is 2.50 bits per heavy atom. The first-order valence-electron chi connectivity index (χ1n) is 6.96. The molecule has 0 aliphatic carbocycles. The van der Waals surface area contributed by atoms with Crippen LogP contribution >= 0.6 is 11.6 Å². The summed E-state index contributed by atoms with van der Waals surface area (Å²) in [5.74, 6) is 0.960. The standard InChI is InChI=1S/C14H23ClN4O/c1-9(2)10-6-19(8-12(10)17(3)4)14(20)13-11(15)7-18(5)16-13/h7,9-10,12H,6,8H2,1-5H3/t10-,12+/m1/s1. The van der Waals surface area contributed by atoms with E-state index in [4.69, 9.17) is 11.6 Å². The lowest BCUT2D eigenvalue weighted by atomic mass is 9.91. The SMILES string of the molecule is CC(C)[C@H]1CN(C(=O)c2nn(C)cc2Cl)C[C@@H]1N(C)C. The Bertz CT molecular complexity index is 481. The number of halogens is 1. The van der Waals surface area contributed by atoms with Gasteiger partial charge in [0.25, 0.3) is 5.91 Å². The van der Waals surface area contributed by atoms with E-state index in [0.717, 1.165) is 13.1 Å². The Balaban J connectivity index is 2.18. The van der Waals surface area contributed by atoms with Crippen molar-refractivity contribution in [2.75, 3.05) is 27.2 Å². The second-order valence-corrected chi connectivity index (χ2v) is 6.56. The molecule has 1 amide bonds. The number of rotatable bonds is 3. The Morgan fingerprint density at radius 2 is 2.10 bits per heavy atom. The molecular weight excluding hydrogens is 276 g/mol. The van der Waals surface area contributed by atoms with Gasteiger partial charge >= 0.3 is 0 Å². The maximum atomic E-state index is 12.6. The predicted molar refractivity (Wildman–Crippen MR) is 79.9 cm³/mol. The van der Waals surface area contributed by atoms with Gasteiger partial charge < -0.3 is 9.80 Å². The average molecular weight is 299 g/mol. The van der Waals surface area contributed by atoms with E-state index in [9.17, 15) is 4.79 Å². The van der Waals surface area contributed by atoms with Crippen LogP contribution in [0.3, 0.4) is 0 Å². The van der Waals surface area contributed by atoms with Crippen LogP contribution in [0.4, 0.5) is 0 Å². The van der Waals surface area contributed by atoms with Crippen molar-refractivity contribution < 1.29 is 4.79 Å². The fourth-order valence-corrected chi connectivity index (χ4v) is 3.19. The minimum atomic E-state index is -0.0643. The Hall–Kier alpha value is -1.07. The molecule has 0 N–H and O–H groups in total. The van der Waals surface area contributed by atoms with E-state index in [1.807, 2.05) is 4.90 Å². The van der Waals surface area contributed by atoms with E-state index in [0.29, 0.717) is 28.6 Å². The predicted octanol–water partition coefficient (Wildman–Crippen LogP) is 1.73. The zero-order valence-corrected chi connectivity index (χ0v) is 13.6. The largest absolute Gasteiger partial charge is 0.335 e. The van der Waals surface area contributed by atoms with Gasteiger partial charge in [0.15, 0.2) is 5.69 Å². The van der Waals surface area contributed by atoms with Gasteiger partial charge in [-0.2, -0.15) is 5.10 Å². The van der Waals surface area contributed by atoms with Gasteiger partial charge in [-0.05, 0) is 25.9 Å². The van der Waals surface area contributed by atoms with Crippen LogP contribution in [0, 0.1) is 11.8 Å². The van der Waals surface area contributed by atoms with E-state index in [1.165, 1.54) is 0 Å². The molecule has 0 radical (unpaired) electrons. The van der Waals surface area contributed by atoms with Crippen molar-refractivity contribution in [1.82, 2.24) is 19.6 Å². The van der Waals surface area contributed by atoms with Crippen molar-refractivity contribution in [2.45, 2.75) is 19.9 Å². The first-order valence-corrected chi connectivity index (χ1v) is 7.34. The van der Waals surface area contributed by atoms with Gasteiger partial charge in [0, 0.05) is 32.4 Å². The molecule has 2 atom stereocenters. The molecule has 1 aliphatic heterocycles. The van der Waals surface area contributed by atoms with E-state index < -0.39 is 0 Å². The van der Waals surface area contributed by atoms with Gasteiger partial charge in [-0.1, -0.05) is 25.4 Å². The lowest BCUT2D eigenvalue weighted by Crippen LogP contribution is -2.37. The first-order chi connectivity index (χ1) is 9.31. The molecule has 0 spiro atoms. The quantitative estimate of drug-likeness (QED) is 0.853. The van der Waals surface area contributed by atoms with Gasteiger partial charge in [0.1, 0.15) is 0 Å². The molecule has 1 aromatic heterocycles. The highest BCUT2D eigenvalue weighted by Gasteiger charge is 2.39. The summed E-state index contributed by atoms with van der Waals surface area (Å²) in [5, 5.41) is 4.60. The zero-order valence-electron chi connectivity index (χ0n) is 12.8. The second-order valence-electron chi connectivity index (χ2n) is 6.15. The van der Waals surface area contributed by atoms with E-state index in [1.54, 1.807) is 17.9 Å². The summed E-state index contributed by atoms with van der Waals surface area (Å²) in [6.07, 6.45) is 1.66. The molecule has 1 aromatic rings. The Labute approximate surface area is 125 Å². The number of hydrogen-bond donors (Lipinski definition) is 0. The summed E-state index contributed by atoms with van der Waals surface area (Å²) in [5.41, 5.74) is 0.357. The van der Waals surface area contributed by atoms with Crippen molar-refractivity contribution in [3.8, 4) is 0 Å². The third kappa shape index (κ3) is 2.83. The molecule has 20 heavy (non-hydrogen) atoms. The average Bonchev–Trinajstić information content (AvgIpc) is 2.92. The second kappa shape index (κ2) is 5.74. The fourth-order valence-electron chi connectivity index (χ4n) is 2.93. The third-order valence-electron chi connectivity index (χ3n) is 4.13. The van der Waals surface area contributed by atoms with Crippen molar-refractivity contribution in [3.63, 3.8) is 0 Å². The fraction of sp³-hybridized carbons (Fsp3) is 0.714. The van der Waals surface area contributed by atoms with Crippen LogP contribution in [0.1, 0.15) is 24.3 Å². The number of amides is 1. The number of carbonyl (C=O) groups is 1. The lowest BCUT2D eigenvalue weighted by Gasteiger charge is -2.27. The van der Waals surface area contributed by atoms with Crippen LogP contribution in [0.25, 0.3) is 0 Å². The van der Waals surface area contributed by atoms with Crippen LogP contribution in [-0.2, 0) is 7.05 Å². The highest BCUT2D eigenvalue weighted by atomic mass is 35.5. The number of nitrogens with zero attached hydrogens (tertiary/aromatic N) is 4. The minimum absolute atomic E-state index is 0.0643. The first kappa shape index (κ1) is 15.3. The molecule has 2 heterocycles. The Morgan fingerprint density at radius 1 is 1.45 bits per heavy atom. The summed E-state index contributed by atoms with van der Waals surface area (Å²) in [6.45, 7) is 5.93. The molecule has 2 rings (SSSR count). The molecule has 5 nitrogen and oxygen atoms in total. The zero-order chi connectivity index (χ0) is 15.0. The van der Waals surface area contributed by atoms with Crippen molar-refractivity contribution in [3.05, 3.63) is 16.9 Å². The number of likely N-dealkylation sites (N-methyl/N-ethyl adjacent to an activating group) is 1. The molecule has 0 aromatic carbocycles. The van der Waals surface area contributed by atoms with Gasteiger partial charge in [0.05, 0.1) is 5.02 Å². The molecule has 0 saturated carbocycles. The summed E-state index contributed by atoms with van der Waals surface area (Å²) in [4.78, 5) is 16.6. The minimum Gasteiger partial charge on any atom is -0.335 e. The van der Waals surface area contributed by atoms with Crippen molar-refractivity contribution >= 4 is 17.5 Å². The smallest absolute Gasteiger partial charge is 0.275 e. The summed E-state index contributed by atoms with van der Waals surface area (Å²) in [6, 6.07) is 0.390. The van der Waals surface area contributed by atoms with E-state index in [2.05, 4.69) is 37.9 Å². The van der Waals surface area contributed by atoms with Crippen molar-refractivity contribution in [2.24, 2.45) is 18.9 Å². The third-order valence-corrected chi connectivity index (χ3v) is 4.40. The van der Waals surface area contributed by atoms with Gasteiger partial charge in [-0.25, -0.2) is 0 Å². The molecule has 112 valence electrons. The molecule has 1 fully saturated rings. The topological polar surface area (TPSA) is 41.4 Å². The maximum Gasteiger partial charge on any atom is 0.275 e. The highest BCUT2D eigenvalue weighted by molar-refractivity contribution is 6.33. The molecule has 1 saturated heterocycles. The normalized spacial score (nSPS) is 23.1. The lowest BCUT2D eigenvalue weighted by molar-refractivity contribution is 0.0773. The van der Waals surface area contributed by atoms with Crippen LogP contribution in [-0.4, -0.2) is 58.7 Å². The van der Waals surface area contributed by atoms with Crippen molar-refractivity contribution in [1.29, 1.82) is 0 Å². The number of aryl methyl sites for hydroxylation is 1. The number of carbonyl (C=O) groups excluding carboxylic acids is 1. The number of likely N-dealkylation sites (tertiary alicyclic amines) is 1. The van der Waals surface area contributed by atoms with Crippen LogP contribution in [0.2, 0.25) is 5.02 Å². The molecule has 6 heteroatoms. The monoisotopic (exact) mass is 298 g/mol. The molecule has 1 aliphatic rings. The maximum absolute atomic E-state index is 12.6. The van der Waals surface area contributed by atoms with Gasteiger partial charge in [-0.15, -0.1) is 0 Å². The summed E-state index contributed by atoms with van der Waals surface area (Å²) in [7, 11) is 5.91. The molecule has 0 bridgehead atoms. The van der Waals surface area contributed by atoms with E-state index >= 15 is 0 Å². The van der Waals surface area contributed by atoms with Crippen LogP contribution < -0.4 is 0 Å². The molecular formula is C14H23ClN4O. The summed E-state index contributed by atoms with van der Waals surface area (Å²) >= 11 is 6.07. The number of hydrogen-bond acceptors (Lipinski definition) is 3. The molecule has 0 unspecified atom stereocenters. The van der Waals surface area contributed by atoms with Crippen LogP contribution in [0.5, 0.6) is 0 Å². The number of aromatic nitrogens is 2. The van der Waals surface area contributed by atoms with E-state index in [-0.39, 0.29) is 5.91 Å². The van der Waals surface area contributed by atoms with Crippen LogP contribution in [0.15, 0.2) is 6.20 Å². The summed E-state index contributed by atoms with van der Waals surface area (Å²) < 4.78 is 1.58. The highest BCUT2D eigenvalue weighted by Crippen LogP contribution is 2.29. The Kier molecular flexibility index (Phi) is 4.39.